The quantitative estimate of drug-likeness (QED) is 0.705. The summed E-state index contributed by atoms with van der Waals surface area (Å²) in [7, 11) is 1.46. The van der Waals surface area contributed by atoms with Crippen LogP contribution < -0.4 is 10.1 Å². The summed E-state index contributed by atoms with van der Waals surface area (Å²) in [5.74, 6) is 0.243. The molecule has 1 heterocycles. The van der Waals surface area contributed by atoms with Crippen molar-refractivity contribution in [3.63, 3.8) is 0 Å². The van der Waals surface area contributed by atoms with Crippen LogP contribution in [0.4, 0.5) is 10.5 Å². The Morgan fingerprint density at radius 3 is 2.36 bits per heavy atom. The first-order valence-corrected chi connectivity index (χ1v) is 8.97. The molecule has 4 rings (SSSR count). The molecule has 0 unspecified atom stereocenters. The van der Waals surface area contributed by atoms with Crippen LogP contribution in [0.2, 0.25) is 0 Å². The van der Waals surface area contributed by atoms with Crippen LogP contribution in [0.15, 0.2) is 60.8 Å². The number of methoxy groups -OCH3 is 1. The van der Waals surface area contributed by atoms with Gasteiger partial charge in [0.05, 0.1) is 13.7 Å². The molecule has 1 aliphatic rings. The van der Waals surface area contributed by atoms with Gasteiger partial charge in [-0.15, -0.1) is 0 Å². The van der Waals surface area contributed by atoms with Crippen LogP contribution in [-0.2, 0) is 11.3 Å². The van der Waals surface area contributed by atoms with E-state index in [4.69, 9.17) is 9.47 Å². The SMILES string of the molecule is COc1ncc(CO)cc1NC(=O)OCC1c2ccccc2-c2ccccc21. The number of fused-ring (bicyclic) bond motifs is 3. The lowest BCUT2D eigenvalue weighted by atomic mass is 9.98. The monoisotopic (exact) mass is 376 g/mol. The Labute approximate surface area is 162 Å². The van der Waals surface area contributed by atoms with E-state index in [2.05, 4.69) is 34.6 Å². The van der Waals surface area contributed by atoms with E-state index < -0.39 is 6.09 Å². The van der Waals surface area contributed by atoms with Gasteiger partial charge in [-0.2, -0.15) is 0 Å². The minimum atomic E-state index is -0.600. The van der Waals surface area contributed by atoms with Gasteiger partial charge in [-0.25, -0.2) is 9.78 Å². The zero-order valence-corrected chi connectivity index (χ0v) is 15.4. The molecule has 0 spiro atoms. The first kappa shape index (κ1) is 18.0. The second kappa shape index (κ2) is 7.70. The van der Waals surface area contributed by atoms with Gasteiger partial charge in [-0.05, 0) is 33.9 Å². The minimum Gasteiger partial charge on any atom is -0.480 e. The summed E-state index contributed by atoms with van der Waals surface area (Å²) in [5.41, 5.74) is 5.57. The highest BCUT2D eigenvalue weighted by atomic mass is 16.5. The highest BCUT2D eigenvalue weighted by Gasteiger charge is 2.29. The molecule has 2 N–H and O–H groups in total. The predicted octanol–water partition coefficient (Wildman–Crippen LogP) is 3.94. The van der Waals surface area contributed by atoms with Crippen LogP contribution in [0.5, 0.6) is 5.88 Å². The maximum Gasteiger partial charge on any atom is 0.411 e. The molecule has 142 valence electrons. The molecule has 1 amide bonds. The fraction of sp³-hybridized carbons (Fsp3) is 0.182. The number of aliphatic hydroxyl groups excluding tert-OH is 1. The van der Waals surface area contributed by atoms with Crippen LogP contribution in [0.1, 0.15) is 22.6 Å². The van der Waals surface area contributed by atoms with Crippen LogP contribution in [0, 0.1) is 0 Å². The lowest BCUT2D eigenvalue weighted by Gasteiger charge is -2.15. The van der Waals surface area contributed by atoms with Crippen LogP contribution in [-0.4, -0.2) is 29.9 Å². The number of pyridine rings is 1. The van der Waals surface area contributed by atoms with Gasteiger partial charge in [0.15, 0.2) is 0 Å². The van der Waals surface area contributed by atoms with Crippen LogP contribution >= 0.6 is 0 Å². The summed E-state index contributed by atoms with van der Waals surface area (Å²) in [4.78, 5) is 16.4. The highest BCUT2D eigenvalue weighted by Crippen LogP contribution is 2.44. The molecule has 1 aliphatic carbocycles. The fourth-order valence-corrected chi connectivity index (χ4v) is 3.58. The molecular weight excluding hydrogens is 356 g/mol. The summed E-state index contributed by atoms with van der Waals surface area (Å²) in [6.45, 7) is 0.0334. The molecule has 6 heteroatoms. The Morgan fingerprint density at radius 1 is 1.11 bits per heavy atom. The summed E-state index contributed by atoms with van der Waals surface area (Å²) in [6.07, 6.45) is 0.888. The summed E-state index contributed by atoms with van der Waals surface area (Å²) >= 11 is 0. The number of hydrogen-bond acceptors (Lipinski definition) is 5. The number of aromatic nitrogens is 1. The molecule has 1 aromatic heterocycles. The summed E-state index contributed by atoms with van der Waals surface area (Å²) in [5, 5.41) is 11.9. The van der Waals surface area contributed by atoms with Crippen molar-refractivity contribution in [2.24, 2.45) is 0 Å². The molecule has 0 atom stereocenters. The summed E-state index contributed by atoms with van der Waals surface area (Å²) < 4.78 is 10.7. The van der Waals surface area contributed by atoms with Gasteiger partial charge >= 0.3 is 6.09 Å². The number of nitrogens with zero attached hydrogens (tertiary/aromatic N) is 1. The number of aliphatic hydroxyl groups is 1. The Kier molecular flexibility index (Phi) is 4.95. The molecule has 0 radical (unpaired) electrons. The number of carbonyl (C=O) groups is 1. The van der Waals surface area contributed by atoms with E-state index in [1.807, 2.05) is 24.3 Å². The first-order valence-electron chi connectivity index (χ1n) is 8.97. The largest absolute Gasteiger partial charge is 0.480 e. The van der Waals surface area contributed by atoms with Gasteiger partial charge in [0.25, 0.3) is 0 Å². The van der Waals surface area contributed by atoms with Gasteiger partial charge in [0.1, 0.15) is 12.3 Å². The third-order valence-electron chi connectivity index (χ3n) is 4.86. The average molecular weight is 376 g/mol. The smallest absolute Gasteiger partial charge is 0.411 e. The summed E-state index contributed by atoms with van der Waals surface area (Å²) in [6, 6.07) is 17.9. The Hall–Kier alpha value is -3.38. The minimum absolute atomic E-state index is 0.0121. The second-order valence-corrected chi connectivity index (χ2v) is 6.51. The van der Waals surface area contributed by atoms with Crippen molar-refractivity contribution in [2.45, 2.75) is 12.5 Å². The Balaban J connectivity index is 1.50. The number of carbonyl (C=O) groups excluding carboxylic acids is 1. The van der Waals surface area contributed by atoms with Gasteiger partial charge in [-0.3, -0.25) is 5.32 Å². The number of anilines is 1. The maximum atomic E-state index is 12.4. The van der Waals surface area contributed by atoms with E-state index in [9.17, 15) is 9.90 Å². The van der Waals surface area contributed by atoms with Crippen molar-refractivity contribution >= 4 is 11.8 Å². The lowest BCUT2D eigenvalue weighted by Crippen LogP contribution is -2.18. The third kappa shape index (κ3) is 3.30. The van der Waals surface area contributed by atoms with Crippen molar-refractivity contribution in [2.75, 3.05) is 19.0 Å². The van der Waals surface area contributed by atoms with Crippen LogP contribution in [0.25, 0.3) is 11.1 Å². The van der Waals surface area contributed by atoms with E-state index in [0.29, 0.717) is 11.3 Å². The van der Waals surface area contributed by atoms with Gasteiger partial charge < -0.3 is 14.6 Å². The maximum absolute atomic E-state index is 12.4. The number of benzene rings is 2. The average Bonchev–Trinajstić information content (AvgIpc) is 3.06. The molecule has 0 bridgehead atoms. The normalized spacial score (nSPS) is 12.2. The predicted molar refractivity (Wildman–Crippen MR) is 105 cm³/mol. The molecule has 0 saturated carbocycles. The van der Waals surface area contributed by atoms with Crippen molar-refractivity contribution in [1.29, 1.82) is 0 Å². The standard InChI is InChI=1S/C22H20N2O4/c1-27-21-20(10-14(12-25)11-23-21)24-22(26)28-13-19-17-8-4-2-6-15(17)16-7-3-5-9-18(16)19/h2-11,19,25H,12-13H2,1H3,(H,24,26). The molecular formula is C22H20N2O4. The number of hydrogen-bond donors (Lipinski definition) is 2. The Morgan fingerprint density at radius 2 is 1.75 bits per heavy atom. The van der Waals surface area contributed by atoms with E-state index in [1.165, 1.54) is 24.4 Å². The lowest BCUT2D eigenvalue weighted by molar-refractivity contribution is 0.158. The van der Waals surface area contributed by atoms with Crippen LogP contribution in [0.3, 0.4) is 0 Å². The number of rotatable bonds is 5. The second-order valence-electron chi connectivity index (χ2n) is 6.51. The van der Waals surface area contributed by atoms with E-state index >= 15 is 0 Å². The molecule has 0 fully saturated rings. The zero-order chi connectivity index (χ0) is 19.5. The van der Waals surface area contributed by atoms with Gasteiger partial charge in [0.2, 0.25) is 5.88 Å². The number of nitrogens with one attached hydrogen (secondary N) is 1. The van der Waals surface area contributed by atoms with Gasteiger partial charge in [-0.1, -0.05) is 48.5 Å². The molecule has 2 aromatic carbocycles. The number of ether oxygens (including phenoxy) is 2. The van der Waals surface area contributed by atoms with Crippen molar-refractivity contribution in [1.82, 2.24) is 4.98 Å². The van der Waals surface area contributed by atoms with E-state index in [1.54, 1.807) is 6.07 Å². The van der Waals surface area contributed by atoms with Crippen molar-refractivity contribution in [3.8, 4) is 17.0 Å². The molecule has 6 nitrogen and oxygen atoms in total. The number of amides is 1. The zero-order valence-electron chi connectivity index (χ0n) is 15.4. The molecule has 28 heavy (non-hydrogen) atoms. The first-order chi connectivity index (χ1) is 13.7. The van der Waals surface area contributed by atoms with E-state index in [0.717, 1.165) is 11.1 Å². The molecule has 0 saturated heterocycles. The van der Waals surface area contributed by atoms with Crippen molar-refractivity contribution in [3.05, 3.63) is 77.5 Å². The van der Waals surface area contributed by atoms with Gasteiger partial charge in [0, 0.05) is 12.1 Å². The molecule has 0 aliphatic heterocycles. The topological polar surface area (TPSA) is 80.7 Å². The fourth-order valence-electron chi connectivity index (χ4n) is 3.58. The third-order valence-corrected chi connectivity index (χ3v) is 4.86. The van der Waals surface area contributed by atoms with Crippen molar-refractivity contribution < 1.29 is 19.4 Å². The Bertz CT molecular complexity index is 973. The molecule has 3 aromatic rings. The van der Waals surface area contributed by atoms with E-state index in [-0.39, 0.29) is 25.0 Å². The highest BCUT2D eigenvalue weighted by molar-refractivity contribution is 5.86.